The highest BCUT2D eigenvalue weighted by Gasteiger charge is 2.22. The largest absolute Gasteiger partial charge is 0.479 e. The molecule has 1 N–H and O–H groups in total. The highest BCUT2D eigenvalue weighted by Crippen LogP contribution is 2.27. The maximum atomic E-state index is 12.3. The van der Waals surface area contributed by atoms with Crippen molar-refractivity contribution >= 4 is 27.5 Å². The molecule has 26 heavy (non-hydrogen) atoms. The van der Waals surface area contributed by atoms with Gasteiger partial charge >= 0.3 is 5.97 Å². The Morgan fingerprint density at radius 3 is 2.58 bits per heavy atom. The van der Waals surface area contributed by atoms with Gasteiger partial charge in [0.1, 0.15) is 10.6 Å². The molecular weight excluding hydrogens is 352 g/mol. The molecule has 0 aliphatic heterocycles. The molecule has 3 rings (SSSR count). The highest BCUT2D eigenvalue weighted by atomic mass is 32.1. The van der Waals surface area contributed by atoms with Gasteiger partial charge in [0.2, 0.25) is 0 Å². The molecule has 7 heteroatoms. The number of hydrogen-bond donors (Lipinski definition) is 1. The third-order valence-electron chi connectivity index (χ3n) is 4.12. The van der Waals surface area contributed by atoms with Crippen LogP contribution in [0.4, 0.5) is 0 Å². The molecule has 3 aromatic rings. The number of thiophene rings is 1. The van der Waals surface area contributed by atoms with Crippen LogP contribution < -0.4 is 10.3 Å². The van der Waals surface area contributed by atoms with Crippen LogP contribution in [0.15, 0.2) is 35.1 Å². The molecule has 1 aromatic carbocycles. The van der Waals surface area contributed by atoms with Gasteiger partial charge in [-0.2, -0.15) is 0 Å². The van der Waals surface area contributed by atoms with E-state index in [0.717, 1.165) is 10.4 Å². The number of nitrogens with one attached hydrogen (secondary N) is 1. The second-order valence-electron chi connectivity index (χ2n) is 6.07. The number of fused-ring (bicyclic) bond motifs is 1. The monoisotopic (exact) mass is 372 g/mol. The van der Waals surface area contributed by atoms with Crippen molar-refractivity contribution in [2.75, 3.05) is 0 Å². The molecule has 0 aliphatic carbocycles. The zero-order valence-electron chi connectivity index (χ0n) is 15.0. The number of carbonyl (C=O) groups excluding carboxylic acids is 1. The quantitative estimate of drug-likeness (QED) is 0.691. The zero-order valence-corrected chi connectivity index (χ0v) is 15.8. The van der Waals surface area contributed by atoms with Gasteiger partial charge in [0.05, 0.1) is 5.39 Å². The number of aryl methyl sites for hydroxylation is 2. The van der Waals surface area contributed by atoms with E-state index in [-0.39, 0.29) is 5.56 Å². The Balaban J connectivity index is 1.75. The highest BCUT2D eigenvalue weighted by molar-refractivity contribution is 7.18. The summed E-state index contributed by atoms with van der Waals surface area (Å²) in [6.07, 6.45) is -1.47. The Morgan fingerprint density at radius 2 is 1.88 bits per heavy atom. The maximum absolute atomic E-state index is 12.3. The normalized spacial score (nSPS) is 13.4. The van der Waals surface area contributed by atoms with Gasteiger partial charge in [-0.25, -0.2) is 9.78 Å². The first kappa shape index (κ1) is 18.1. The topological polar surface area (TPSA) is 81.3 Å². The molecule has 0 unspecified atom stereocenters. The lowest BCUT2D eigenvalue weighted by Gasteiger charge is -2.17. The number of para-hydroxylation sites is 1. The third kappa shape index (κ3) is 3.62. The Hall–Kier alpha value is -2.67. The summed E-state index contributed by atoms with van der Waals surface area (Å²) < 4.78 is 11.0. The second kappa shape index (κ2) is 7.29. The molecule has 0 saturated carbocycles. The van der Waals surface area contributed by atoms with Gasteiger partial charge in [-0.05, 0) is 45.4 Å². The number of ether oxygens (including phenoxy) is 2. The smallest absolute Gasteiger partial charge is 0.347 e. The fourth-order valence-electron chi connectivity index (χ4n) is 2.54. The predicted molar refractivity (Wildman–Crippen MR) is 101 cm³/mol. The van der Waals surface area contributed by atoms with Crippen LogP contribution in [0.2, 0.25) is 0 Å². The minimum Gasteiger partial charge on any atom is -0.479 e. The van der Waals surface area contributed by atoms with Crippen molar-refractivity contribution in [1.82, 2.24) is 9.97 Å². The molecule has 0 aliphatic rings. The second-order valence-corrected chi connectivity index (χ2v) is 7.27. The Kier molecular flexibility index (Phi) is 5.08. The molecule has 0 saturated heterocycles. The molecule has 136 valence electrons. The van der Waals surface area contributed by atoms with Crippen LogP contribution in [0.3, 0.4) is 0 Å². The van der Waals surface area contributed by atoms with E-state index in [2.05, 4.69) is 9.97 Å². The number of aromatic amines is 1. The SMILES string of the molecule is Cc1sc2nc([C@@H](C)OC(=O)[C@@H](C)Oc3ccccc3)[nH]c(=O)c2c1C. The van der Waals surface area contributed by atoms with Crippen molar-refractivity contribution in [3.05, 3.63) is 57.0 Å². The fraction of sp³-hybridized carbons (Fsp3) is 0.316. The standard InChI is InChI=1S/C19H20N2O4S/c1-10-13(4)26-18-15(10)17(22)20-16(21-18)11(2)25-19(23)12(3)24-14-8-6-5-7-9-14/h5-9,11-12H,1-4H3,(H,20,21,22)/t11-,12-/m1/s1. The number of rotatable bonds is 5. The molecule has 2 atom stereocenters. The Labute approximate surface area is 154 Å². The average molecular weight is 372 g/mol. The number of hydrogen-bond acceptors (Lipinski definition) is 6. The van der Waals surface area contributed by atoms with E-state index in [4.69, 9.17) is 9.47 Å². The number of esters is 1. The molecule has 0 radical (unpaired) electrons. The lowest BCUT2D eigenvalue weighted by atomic mass is 10.2. The Bertz CT molecular complexity index is 994. The van der Waals surface area contributed by atoms with E-state index < -0.39 is 18.2 Å². The number of nitrogens with zero attached hydrogens (tertiary/aromatic N) is 1. The van der Waals surface area contributed by atoms with Crippen LogP contribution >= 0.6 is 11.3 Å². The molecule has 0 spiro atoms. The Morgan fingerprint density at radius 1 is 1.19 bits per heavy atom. The molecule has 0 fully saturated rings. The lowest BCUT2D eigenvalue weighted by molar-refractivity contribution is -0.156. The van der Waals surface area contributed by atoms with Crippen LogP contribution in [0.25, 0.3) is 10.2 Å². The lowest BCUT2D eigenvalue weighted by Crippen LogP contribution is -2.28. The summed E-state index contributed by atoms with van der Waals surface area (Å²) in [7, 11) is 0. The minimum atomic E-state index is -0.776. The summed E-state index contributed by atoms with van der Waals surface area (Å²) in [6.45, 7) is 7.14. The minimum absolute atomic E-state index is 0.219. The van der Waals surface area contributed by atoms with Crippen LogP contribution in [-0.2, 0) is 9.53 Å². The van der Waals surface area contributed by atoms with Crippen molar-refractivity contribution in [1.29, 1.82) is 0 Å². The van der Waals surface area contributed by atoms with Gasteiger partial charge in [0.15, 0.2) is 18.0 Å². The van der Waals surface area contributed by atoms with E-state index in [1.807, 2.05) is 32.0 Å². The summed E-state index contributed by atoms with van der Waals surface area (Å²) in [4.78, 5) is 33.5. The summed E-state index contributed by atoms with van der Waals surface area (Å²) in [6, 6.07) is 9.04. The summed E-state index contributed by atoms with van der Waals surface area (Å²) in [5, 5.41) is 0.593. The van der Waals surface area contributed by atoms with Crippen LogP contribution in [-0.4, -0.2) is 22.0 Å². The van der Waals surface area contributed by atoms with Gasteiger partial charge in [-0.3, -0.25) is 4.79 Å². The number of benzene rings is 1. The van der Waals surface area contributed by atoms with Crippen LogP contribution in [0.5, 0.6) is 5.75 Å². The first-order valence-electron chi connectivity index (χ1n) is 8.29. The van der Waals surface area contributed by atoms with Gasteiger partial charge < -0.3 is 14.5 Å². The van der Waals surface area contributed by atoms with Gasteiger partial charge in [-0.1, -0.05) is 18.2 Å². The molecule has 6 nitrogen and oxygen atoms in total. The first-order valence-corrected chi connectivity index (χ1v) is 9.10. The third-order valence-corrected chi connectivity index (χ3v) is 5.22. The van der Waals surface area contributed by atoms with Crippen molar-refractivity contribution in [2.45, 2.75) is 39.9 Å². The molecular formula is C19H20N2O4S. The van der Waals surface area contributed by atoms with Crippen molar-refractivity contribution < 1.29 is 14.3 Å². The van der Waals surface area contributed by atoms with Crippen LogP contribution in [0, 0.1) is 13.8 Å². The van der Waals surface area contributed by atoms with E-state index in [1.165, 1.54) is 11.3 Å². The molecule has 0 amide bonds. The zero-order chi connectivity index (χ0) is 18.8. The number of carbonyl (C=O) groups is 1. The summed E-state index contributed by atoms with van der Waals surface area (Å²) in [5.41, 5.74) is 0.711. The van der Waals surface area contributed by atoms with Gasteiger partial charge in [0.25, 0.3) is 5.56 Å². The van der Waals surface area contributed by atoms with Gasteiger partial charge in [0, 0.05) is 4.88 Å². The average Bonchev–Trinajstić information content (AvgIpc) is 2.90. The predicted octanol–water partition coefficient (Wildman–Crippen LogP) is 3.67. The van der Waals surface area contributed by atoms with Gasteiger partial charge in [-0.15, -0.1) is 11.3 Å². The van der Waals surface area contributed by atoms with E-state index in [1.54, 1.807) is 26.0 Å². The van der Waals surface area contributed by atoms with E-state index in [9.17, 15) is 9.59 Å². The molecule has 0 bridgehead atoms. The number of H-pyrrole nitrogens is 1. The van der Waals surface area contributed by atoms with Crippen molar-refractivity contribution in [3.63, 3.8) is 0 Å². The molecule has 2 heterocycles. The van der Waals surface area contributed by atoms with Crippen LogP contribution in [0.1, 0.15) is 36.2 Å². The van der Waals surface area contributed by atoms with E-state index in [0.29, 0.717) is 21.8 Å². The van der Waals surface area contributed by atoms with Crippen molar-refractivity contribution in [2.24, 2.45) is 0 Å². The summed E-state index contributed by atoms with van der Waals surface area (Å²) >= 11 is 1.46. The molecule has 2 aromatic heterocycles. The first-order chi connectivity index (χ1) is 12.4. The maximum Gasteiger partial charge on any atom is 0.347 e. The summed E-state index contributed by atoms with van der Waals surface area (Å²) in [5.74, 6) is 0.383. The van der Waals surface area contributed by atoms with Crippen molar-refractivity contribution in [3.8, 4) is 5.75 Å². The number of aromatic nitrogens is 2. The fourth-order valence-corrected chi connectivity index (χ4v) is 3.58. The van der Waals surface area contributed by atoms with E-state index >= 15 is 0 Å².